The summed E-state index contributed by atoms with van der Waals surface area (Å²) in [7, 11) is 0. The van der Waals surface area contributed by atoms with E-state index in [1.54, 1.807) is 4.90 Å². The van der Waals surface area contributed by atoms with Crippen molar-refractivity contribution < 1.29 is 9.90 Å². The third-order valence-electron chi connectivity index (χ3n) is 3.37. The van der Waals surface area contributed by atoms with Crippen LogP contribution in [-0.2, 0) is 0 Å². The highest BCUT2D eigenvalue weighted by Gasteiger charge is 2.20. The average molecular weight is 272 g/mol. The molecular formula is C16H20N2O2. The van der Waals surface area contributed by atoms with Gasteiger partial charge in [0.05, 0.1) is 12.2 Å². The van der Waals surface area contributed by atoms with Gasteiger partial charge in [0, 0.05) is 18.3 Å². The number of nitrogens with zero attached hydrogens (tertiary/aromatic N) is 1. The lowest BCUT2D eigenvalue weighted by molar-refractivity contribution is 0.0666. The van der Waals surface area contributed by atoms with Crippen molar-refractivity contribution in [1.82, 2.24) is 4.90 Å². The van der Waals surface area contributed by atoms with Crippen molar-refractivity contribution in [3.05, 3.63) is 42.0 Å². The van der Waals surface area contributed by atoms with Crippen LogP contribution in [0.5, 0.6) is 0 Å². The molecule has 0 bridgehead atoms. The first-order valence-electron chi connectivity index (χ1n) is 6.74. The zero-order chi connectivity index (χ0) is 14.7. The minimum Gasteiger partial charge on any atom is -0.398 e. The summed E-state index contributed by atoms with van der Waals surface area (Å²) in [5.74, 6) is -0.141. The number of carbonyl (C=O) groups is 1. The number of benzene rings is 2. The Bertz CT molecular complexity index is 623. The minimum absolute atomic E-state index is 0.0144. The van der Waals surface area contributed by atoms with E-state index in [0.717, 1.165) is 10.8 Å². The van der Waals surface area contributed by atoms with E-state index in [9.17, 15) is 4.79 Å². The quantitative estimate of drug-likeness (QED) is 0.839. The highest BCUT2D eigenvalue weighted by molar-refractivity contribution is 6.04. The molecule has 0 saturated heterocycles. The van der Waals surface area contributed by atoms with Gasteiger partial charge in [-0.15, -0.1) is 0 Å². The molecule has 0 aromatic heterocycles. The summed E-state index contributed by atoms with van der Waals surface area (Å²) in [5, 5.41) is 11.1. The molecule has 2 rings (SSSR count). The molecule has 20 heavy (non-hydrogen) atoms. The Kier molecular flexibility index (Phi) is 4.25. The number of hydrogen-bond acceptors (Lipinski definition) is 3. The van der Waals surface area contributed by atoms with Gasteiger partial charge in [-0.1, -0.05) is 24.3 Å². The van der Waals surface area contributed by atoms with E-state index in [-0.39, 0.29) is 18.6 Å². The molecule has 4 nitrogen and oxygen atoms in total. The van der Waals surface area contributed by atoms with E-state index in [4.69, 9.17) is 10.8 Å². The lowest BCUT2D eigenvalue weighted by Crippen LogP contribution is -2.39. The van der Waals surface area contributed by atoms with Crippen LogP contribution in [0.2, 0.25) is 0 Å². The summed E-state index contributed by atoms with van der Waals surface area (Å²) < 4.78 is 0. The lowest BCUT2D eigenvalue weighted by Gasteiger charge is -2.26. The van der Waals surface area contributed by atoms with Crippen molar-refractivity contribution >= 4 is 22.4 Å². The lowest BCUT2D eigenvalue weighted by atomic mass is 10.0. The molecule has 0 fully saturated rings. The molecule has 0 aliphatic heterocycles. The maximum atomic E-state index is 12.6. The number of carbonyl (C=O) groups excluding carboxylic acids is 1. The Morgan fingerprint density at radius 3 is 2.40 bits per heavy atom. The van der Waals surface area contributed by atoms with Gasteiger partial charge < -0.3 is 15.7 Å². The Labute approximate surface area is 118 Å². The molecule has 2 aromatic carbocycles. The van der Waals surface area contributed by atoms with Crippen molar-refractivity contribution in [1.29, 1.82) is 0 Å². The first-order chi connectivity index (χ1) is 9.54. The first-order valence-corrected chi connectivity index (χ1v) is 6.74. The molecule has 0 radical (unpaired) electrons. The number of nitrogen functional groups attached to an aromatic ring is 1. The van der Waals surface area contributed by atoms with Gasteiger partial charge in [-0.25, -0.2) is 0 Å². The van der Waals surface area contributed by atoms with E-state index in [0.29, 0.717) is 17.8 Å². The van der Waals surface area contributed by atoms with Gasteiger partial charge in [0.1, 0.15) is 0 Å². The van der Waals surface area contributed by atoms with E-state index in [1.807, 2.05) is 50.2 Å². The number of rotatable bonds is 4. The molecule has 4 heteroatoms. The van der Waals surface area contributed by atoms with Crippen molar-refractivity contribution in [3.8, 4) is 0 Å². The van der Waals surface area contributed by atoms with E-state index in [2.05, 4.69) is 0 Å². The minimum atomic E-state index is -0.141. The molecule has 2 aromatic rings. The third-order valence-corrected chi connectivity index (χ3v) is 3.37. The van der Waals surface area contributed by atoms with E-state index < -0.39 is 0 Å². The van der Waals surface area contributed by atoms with Crippen LogP contribution in [0.15, 0.2) is 36.4 Å². The zero-order valence-corrected chi connectivity index (χ0v) is 11.8. The second kappa shape index (κ2) is 5.92. The second-order valence-electron chi connectivity index (χ2n) is 5.10. The number of aliphatic hydroxyl groups is 1. The van der Waals surface area contributed by atoms with Crippen LogP contribution in [0, 0.1) is 0 Å². The maximum Gasteiger partial charge on any atom is 0.256 e. The van der Waals surface area contributed by atoms with Crippen molar-refractivity contribution in [3.63, 3.8) is 0 Å². The highest BCUT2D eigenvalue weighted by atomic mass is 16.3. The summed E-state index contributed by atoms with van der Waals surface area (Å²) in [6.07, 6.45) is 0. The number of amides is 1. The van der Waals surface area contributed by atoms with Crippen molar-refractivity contribution in [2.75, 3.05) is 18.9 Å². The summed E-state index contributed by atoms with van der Waals surface area (Å²) in [4.78, 5) is 14.2. The van der Waals surface area contributed by atoms with Gasteiger partial charge in [0.2, 0.25) is 0 Å². The number of aliphatic hydroxyl groups excluding tert-OH is 1. The van der Waals surface area contributed by atoms with E-state index >= 15 is 0 Å². The maximum absolute atomic E-state index is 12.6. The summed E-state index contributed by atoms with van der Waals surface area (Å²) in [5.41, 5.74) is 6.97. The standard InChI is InChI=1S/C16H20N2O2/c1-11(2)18(7-8-19)16(20)14-9-12-5-3-4-6-13(12)10-15(14)17/h3-6,9-11,19H,7-8,17H2,1-2H3. The Hall–Kier alpha value is -2.07. The van der Waals surface area contributed by atoms with Crippen LogP contribution in [0.4, 0.5) is 5.69 Å². The molecule has 0 atom stereocenters. The summed E-state index contributed by atoms with van der Waals surface area (Å²) >= 11 is 0. The Balaban J connectivity index is 2.45. The first kappa shape index (κ1) is 14.3. The molecule has 0 unspecified atom stereocenters. The molecule has 1 amide bonds. The van der Waals surface area contributed by atoms with Gasteiger partial charge >= 0.3 is 0 Å². The van der Waals surface area contributed by atoms with Crippen LogP contribution >= 0.6 is 0 Å². The van der Waals surface area contributed by atoms with Gasteiger partial charge in [-0.2, -0.15) is 0 Å². The second-order valence-corrected chi connectivity index (χ2v) is 5.10. The summed E-state index contributed by atoms with van der Waals surface area (Å²) in [6, 6.07) is 11.4. The molecule has 0 aliphatic carbocycles. The Morgan fingerprint density at radius 1 is 1.25 bits per heavy atom. The number of nitrogens with two attached hydrogens (primary N) is 1. The van der Waals surface area contributed by atoms with Crippen LogP contribution < -0.4 is 5.73 Å². The SMILES string of the molecule is CC(C)N(CCO)C(=O)c1cc2ccccc2cc1N. The van der Waals surface area contributed by atoms with Gasteiger partial charge in [0.15, 0.2) is 0 Å². The molecule has 0 heterocycles. The molecule has 0 aliphatic rings. The number of anilines is 1. The highest BCUT2D eigenvalue weighted by Crippen LogP contribution is 2.23. The predicted molar refractivity (Wildman–Crippen MR) is 81.6 cm³/mol. The normalized spacial score (nSPS) is 11.0. The number of hydrogen-bond donors (Lipinski definition) is 2. The smallest absolute Gasteiger partial charge is 0.256 e. The largest absolute Gasteiger partial charge is 0.398 e. The van der Waals surface area contributed by atoms with Gasteiger partial charge in [-0.05, 0) is 36.8 Å². The van der Waals surface area contributed by atoms with Crippen molar-refractivity contribution in [2.45, 2.75) is 19.9 Å². The van der Waals surface area contributed by atoms with E-state index in [1.165, 1.54) is 0 Å². The van der Waals surface area contributed by atoms with Crippen molar-refractivity contribution in [2.24, 2.45) is 0 Å². The fourth-order valence-electron chi connectivity index (χ4n) is 2.30. The topological polar surface area (TPSA) is 66.6 Å². The molecule has 106 valence electrons. The van der Waals surface area contributed by atoms with Gasteiger partial charge in [0.25, 0.3) is 5.91 Å². The number of fused-ring (bicyclic) bond motifs is 1. The predicted octanol–water partition coefficient (Wildman–Crippen LogP) is 2.26. The fraction of sp³-hybridized carbons (Fsp3) is 0.312. The zero-order valence-electron chi connectivity index (χ0n) is 11.8. The fourth-order valence-corrected chi connectivity index (χ4v) is 2.30. The molecule has 0 saturated carbocycles. The van der Waals surface area contributed by atoms with Crippen LogP contribution in [0.1, 0.15) is 24.2 Å². The summed E-state index contributed by atoms with van der Waals surface area (Å²) in [6.45, 7) is 4.09. The van der Waals surface area contributed by atoms with Crippen LogP contribution in [-0.4, -0.2) is 35.1 Å². The van der Waals surface area contributed by atoms with Gasteiger partial charge in [-0.3, -0.25) is 4.79 Å². The third kappa shape index (κ3) is 2.75. The Morgan fingerprint density at radius 2 is 1.85 bits per heavy atom. The monoisotopic (exact) mass is 272 g/mol. The molecular weight excluding hydrogens is 252 g/mol. The average Bonchev–Trinajstić information content (AvgIpc) is 2.43. The molecule has 3 N–H and O–H groups in total. The molecule has 0 spiro atoms. The van der Waals surface area contributed by atoms with Crippen LogP contribution in [0.3, 0.4) is 0 Å². The van der Waals surface area contributed by atoms with Crippen LogP contribution in [0.25, 0.3) is 10.8 Å².